The highest BCUT2D eigenvalue weighted by atomic mass is 32.2. The number of ether oxygens (including phenoxy) is 1. The van der Waals surface area contributed by atoms with Crippen molar-refractivity contribution in [1.82, 2.24) is 9.55 Å². The molecule has 9 nitrogen and oxygen atoms in total. The number of nitrogens with zero attached hydrogens (tertiary/aromatic N) is 3. The van der Waals surface area contributed by atoms with Crippen LogP contribution in [0.5, 0.6) is 5.75 Å². The monoisotopic (exact) mass is 470 g/mol. The van der Waals surface area contributed by atoms with Gasteiger partial charge in [0.2, 0.25) is 0 Å². The average molecular weight is 470 g/mol. The van der Waals surface area contributed by atoms with E-state index in [9.17, 15) is 31.7 Å². The highest BCUT2D eigenvalue weighted by Crippen LogP contribution is 2.38. The number of nitro benzene ring substituents is 1. The summed E-state index contributed by atoms with van der Waals surface area (Å²) >= 11 is 0. The van der Waals surface area contributed by atoms with Gasteiger partial charge in [-0.3, -0.25) is 10.1 Å². The lowest BCUT2D eigenvalue weighted by Gasteiger charge is -2.22. The molecule has 3 rings (SSSR count). The van der Waals surface area contributed by atoms with Crippen LogP contribution in [0.1, 0.15) is 17.4 Å². The minimum atomic E-state index is -5.76. The number of imidazole rings is 1. The van der Waals surface area contributed by atoms with Gasteiger partial charge in [0, 0.05) is 31.1 Å². The molecule has 32 heavy (non-hydrogen) atoms. The van der Waals surface area contributed by atoms with E-state index < -0.39 is 36.9 Å². The summed E-state index contributed by atoms with van der Waals surface area (Å²) < 4.78 is 69.1. The number of aryl methyl sites for hydroxylation is 1. The zero-order valence-corrected chi connectivity index (χ0v) is 17.5. The van der Waals surface area contributed by atoms with Crippen LogP contribution < -0.4 is 10.1 Å². The summed E-state index contributed by atoms with van der Waals surface area (Å²) in [4.78, 5) is 13.7. The number of alkyl halides is 3. The van der Waals surface area contributed by atoms with Gasteiger partial charge in [-0.2, -0.15) is 13.2 Å². The number of nitro groups is 1. The second-order valence-electron chi connectivity index (χ2n) is 6.60. The summed E-state index contributed by atoms with van der Waals surface area (Å²) in [6.07, 6.45) is 3.15. The smallest absolute Gasteiger partial charge is 0.496 e. The van der Waals surface area contributed by atoms with Crippen molar-refractivity contribution < 1.29 is 31.2 Å². The van der Waals surface area contributed by atoms with Crippen LogP contribution >= 0.6 is 0 Å². The lowest BCUT2D eigenvalue weighted by atomic mass is 10.0. The molecule has 0 bridgehead atoms. The number of rotatable bonds is 7. The van der Waals surface area contributed by atoms with E-state index in [2.05, 4.69) is 10.3 Å². The molecule has 13 heteroatoms. The van der Waals surface area contributed by atoms with E-state index >= 15 is 0 Å². The van der Waals surface area contributed by atoms with E-state index in [1.807, 2.05) is 0 Å². The van der Waals surface area contributed by atoms with E-state index in [1.165, 1.54) is 13.3 Å². The summed E-state index contributed by atoms with van der Waals surface area (Å²) in [6, 6.07) is 7.94. The van der Waals surface area contributed by atoms with Crippen molar-refractivity contribution in [2.45, 2.75) is 16.4 Å². The van der Waals surface area contributed by atoms with Crippen molar-refractivity contribution in [2.75, 3.05) is 12.4 Å². The lowest BCUT2D eigenvalue weighted by molar-refractivity contribution is -0.384. The van der Waals surface area contributed by atoms with E-state index in [1.54, 1.807) is 42.1 Å². The molecule has 0 amide bonds. The second-order valence-corrected chi connectivity index (χ2v) is 8.54. The highest BCUT2D eigenvalue weighted by molar-refractivity contribution is 7.92. The van der Waals surface area contributed by atoms with Crippen LogP contribution in [0, 0.1) is 10.1 Å². The number of hydrogen-bond donors (Lipinski definition) is 1. The van der Waals surface area contributed by atoms with Crippen LogP contribution in [0.25, 0.3) is 0 Å². The zero-order chi connectivity index (χ0) is 23.7. The number of halogens is 3. The topological polar surface area (TPSA) is 116 Å². The first-order valence-corrected chi connectivity index (χ1v) is 10.4. The van der Waals surface area contributed by atoms with Crippen LogP contribution in [0.4, 0.5) is 24.5 Å². The van der Waals surface area contributed by atoms with Gasteiger partial charge in [0.05, 0.1) is 16.9 Å². The van der Waals surface area contributed by atoms with Crippen molar-refractivity contribution in [2.24, 2.45) is 7.05 Å². The van der Waals surface area contributed by atoms with Gasteiger partial charge in [-0.1, -0.05) is 18.2 Å². The van der Waals surface area contributed by atoms with Gasteiger partial charge in [-0.15, -0.1) is 0 Å². The van der Waals surface area contributed by atoms with Crippen LogP contribution in [0.2, 0.25) is 0 Å². The first-order valence-electron chi connectivity index (χ1n) is 8.94. The summed E-state index contributed by atoms with van der Waals surface area (Å²) in [6.45, 7) is 0. The number of sulfone groups is 1. The summed E-state index contributed by atoms with van der Waals surface area (Å²) in [7, 11) is -2.63. The highest BCUT2D eigenvalue weighted by Gasteiger charge is 2.47. The number of hydrogen-bond acceptors (Lipinski definition) is 7. The molecule has 1 heterocycles. The largest absolute Gasteiger partial charge is 0.501 e. The molecule has 3 aromatic rings. The minimum Gasteiger partial charge on any atom is -0.496 e. The Labute approximate surface area is 180 Å². The molecule has 170 valence electrons. The molecule has 0 aliphatic heterocycles. The van der Waals surface area contributed by atoms with Gasteiger partial charge >= 0.3 is 5.51 Å². The van der Waals surface area contributed by atoms with Gasteiger partial charge in [0.1, 0.15) is 23.3 Å². The Hall–Kier alpha value is -3.61. The van der Waals surface area contributed by atoms with Crippen LogP contribution in [0.3, 0.4) is 0 Å². The molecular formula is C19H17F3N4O5S. The number of nitrogens with one attached hydrogen (secondary N) is 1. The maximum atomic E-state index is 12.9. The van der Waals surface area contributed by atoms with E-state index in [4.69, 9.17) is 4.74 Å². The van der Waals surface area contributed by atoms with Crippen molar-refractivity contribution in [3.8, 4) is 5.75 Å². The van der Waals surface area contributed by atoms with Crippen LogP contribution in [0.15, 0.2) is 59.8 Å². The Balaban J connectivity index is 2.15. The zero-order valence-electron chi connectivity index (χ0n) is 16.7. The fourth-order valence-electron chi connectivity index (χ4n) is 3.08. The molecule has 0 radical (unpaired) electrons. The molecule has 0 aliphatic rings. The molecule has 1 atom stereocenters. The first kappa shape index (κ1) is 23.1. The maximum Gasteiger partial charge on any atom is 0.501 e. The van der Waals surface area contributed by atoms with E-state index in [-0.39, 0.29) is 5.69 Å². The molecule has 2 aromatic carbocycles. The number of methoxy groups -OCH3 is 1. The third kappa shape index (κ3) is 4.23. The second kappa shape index (κ2) is 8.49. The van der Waals surface area contributed by atoms with Crippen LogP contribution in [-0.2, 0) is 16.9 Å². The minimum absolute atomic E-state index is 0.199. The summed E-state index contributed by atoms with van der Waals surface area (Å²) in [5, 5.41) is 14.5. The average Bonchev–Trinajstić information content (AvgIpc) is 3.16. The predicted octanol–water partition coefficient (Wildman–Crippen LogP) is 3.83. The van der Waals surface area contributed by atoms with Gasteiger partial charge in [-0.25, -0.2) is 13.4 Å². The SMILES string of the molecule is COc1ccccc1[C@H](Nc1ccc(S(=O)(=O)C(F)(F)F)cc1[N+](=O)[O-])c1nccn1C. The Bertz CT molecular complexity index is 1260. The fraction of sp³-hybridized carbons (Fsp3) is 0.211. The Morgan fingerprint density at radius 1 is 1.22 bits per heavy atom. The van der Waals surface area contributed by atoms with Gasteiger partial charge in [0.25, 0.3) is 15.5 Å². The number of anilines is 1. The van der Waals surface area contributed by atoms with Gasteiger partial charge in [0.15, 0.2) is 0 Å². The molecule has 0 unspecified atom stereocenters. The van der Waals surface area contributed by atoms with Crippen LogP contribution in [-0.4, -0.2) is 35.5 Å². The normalized spacial score (nSPS) is 12.9. The number of para-hydroxylation sites is 1. The summed E-state index contributed by atoms with van der Waals surface area (Å²) in [5.41, 5.74) is -6.09. The van der Waals surface area contributed by atoms with E-state index in [0.29, 0.717) is 29.3 Å². The predicted molar refractivity (Wildman–Crippen MR) is 108 cm³/mol. The molecule has 1 N–H and O–H groups in total. The standard InChI is InChI=1S/C19H17F3N4O5S/c1-25-10-9-23-18(25)17(13-5-3-4-6-16(13)31-2)24-14-8-7-12(11-15(14)26(27)28)32(29,30)19(20,21)22/h3-11,17,24H,1-2H3/t17-/m0/s1. The Morgan fingerprint density at radius 2 is 1.91 bits per heavy atom. The van der Waals surface area contributed by atoms with Gasteiger partial charge < -0.3 is 14.6 Å². The molecule has 0 saturated carbocycles. The van der Waals surface area contributed by atoms with Crippen molar-refractivity contribution in [3.63, 3.8) is 0 Å². The Kier molecular flexibility index (Phi) is 6.12. The third-order valence-electron chi connectivity index (χ3n) is 4.65. The quantitative estimate of drug-likeness (QED) is 0.412. The fourth-order valence-corrected chi connectivity index (χ4v) is 3.86. The molecule has 1 aromatic heterocycles. The van der Waals surface area contributed by atoms with E-state index in [0.717, 1.165) is 6.07 Å². The third-order valence-corrected chi connectivity index (χ3v) is 6.13. The lowest BCUT2D eigenvalue weighted by Crippen LogP contribution is -2.23. The first-order chi connectivity index (χ1) is 15.0. The van der Waals surface area contributed by atoms with Crippen molar-refractivity contribution in [3.05, 3.63) is 76.4 Å². The Morgan fingerprint density at radius 3 is 2.47 bits per heavy atom. The van der Waals surface area contributed by atoms with Crippen molar-refractivity contribution >= 4 is 21.2 Å². The number of benzene rings is 2. The molecule has 0 saturated heterocycles. The summed E-state index contributed by atoms with van der Waals surface area (Å²) in [5.74, 6) is 0.864. The molecular weight excluding hydrogens is 453 g/mol. The molecule has 0 aliphatic carbocycles. The maximum absolute atomic E-state index is 12.9. The molecule has 0 fully saturated rings. The number of aromatic nitrogens is 2. The molecule has 0 spiro atoms. The van der Waals surface area contributed by atoms with Crippen molar-refractivity contribution in [1.29, 1.82) is 0 Å². The van der Waals surface area contributed by atoms with Gasteiger partial charge in [-0.05, 0) is 18.2 Å².